The summed E-state index contributed by atoms with van der Waals surface area (Å²) in [6, 6.07) is 7.32. The Hall–Kier alpha value is -1.96. The molecule has 1 fully saturated rings. The molecule has 0 saturated carbocycles. The van der Waals surface area contributed by atoms with Crippen molar-refractivity contribution in [1.29, 1.82) is 0 Å². The predicted molar refractivity (Wildman–Crippen MR) is 89.1 cm³/mol. The van der Waals surface area contributed by atoms with Gasteiger partial charge in [0.05, 0.1) is 18.2 Å². The van der Waals surface area contributed by atoms with Crippen molar-refractivity contribution in [2.24, 2.45) is 5.73 Å². The van der Waals surface area contributed by atoms with Gasteiger partial charge in [-0.15, -0.1) is 11.3 Å². The molecule has 1 aliphatic rings. The standard InChI is InChI=1S/C16H19N3O3S/c17-7-5-15-19-14(10-23-15)16(20)18-11-1-3-12(4-2-11)22-13-6-8-21-9-13/h1-4,10,13H,5-9,17H2,(H,18,20). The molecule has 1 atom stereocenters. The topological polar surface area (TPSA) is 86.5 Å². The lowest BCUT2D eigenvalue weighted by Gasteiger charge is -2.12. The van der Waals surface area contributed by atoms with E-state index >= 15 is 0 Å². The smallest absolute Gasteiger partial charge is 0.275 e. The number of benzene rings is 1. The van der Waals surface area contributed by atoms with E-state index in [0.29, 0.717) is 31.0 Å². The number of carbonyl (C=O) groups is 1. The SMILES string of the molecule is NCCc1nc(C(=O)Nc2ccc(OC3CCOC3)cc2)cs1. The summed E-state index contributed by atoms with van der Waals surface area (Å²) in [6.45, 7) is 1.91. The Morgan fingerprint density at radius 3 is 2.96 bits per heavy atom. The van der Waals surface area contributed by atoms with Crippen LogP contribution in [0.25, 0.3) is 0 Å². The van der Waals surface area contributed by atoms with Crippen molar-refractivity contribution in [2.45, 2.75) is 18.9 Å². The van der Waals surface area contributed by atoms with Crippen molar-refractivity contribution in [1.82, 2.24) is 4.98 Å². The van der Waals surface area contributed by atoms with Crippen LogP contribution in [0.3, 0.4) is 0 Å². The number of aromatic nitrogens is 1. The maximum Gasteiger partial charge on any atom is 0.275 e. The Kier molecular flexibility index (Phi) is 5.22. The highest BCUT2D eigenvalue weighted by Gasteiger charge is 2.17. The zero-order valence-electron chi connectivity index (χ0n) is 12.7. The van der Waals surface area contributed by atoms with Crippen LogP contribution in [0.5, 0.6) is 5.75 Å². The lowest BCUT2D eigenvalue weighted by atomic mass is 10.2. The number of hydrogen-bond donors (Lipinski definition) is 2. The van der Waals surface area contributed by atoms with E-state index in [1.54, 1.807) is 5.38 Å². The fourth-order valence-corrected chi connectivity index (χ4v) is 3.06. The highest BCUT2D eigenvalue weighted by atomic mass is 32.1. The van der Waals surface area contributed by atoms with Crippen LogP contribution in [-0.4, -0.2) is 36.8 Å². The molecule has 7 heteroatoms. The molecule has 1 unspecified atom stereocenters. The minimum atomic E-state index is -0.220. The monoisotopic (exact) mass is 333 g/mol. The third-order valence-corrected chi connectivity index (χ3v) is 4.35. The second-order valence-electron chi connectivity index (χ2n) is 5.25. The van der Waals surface area contributed by atoms with Crippen LogP contribution in [0.15, 0.2) is 29.6 Å². The number of nitrogens with zero attached hydrogens (tertiary/aromatic N) is 1. The summed E-state index contributed by atoms with van der Waals surface area (Å²) in [5.74, 6) is 0.555. The van der Waals surface area contributed by atoms with Gasteiger partial charge >= 0.3 is 0 Å². The van der Waals surface area contributed by atoms with E-state index in [4.69, 9.17) is 15.2 Å². The molecule has 1 aromatic carbocycles. The average molecular weight is 333 g/mol. The lowest BCUT2D eigenvalue weighted by molar-refractivity contribution is 0.102. The molecular weight excluding hydrogens is 314 g/mol. The number of nitrogens with one attached hydrogen (secondary N) is 1. The molecule has 0 radical (unpaired) electrons. The van der Waals surface area contributed by atoms with Gasteiger partial charge in [0.15, 0.2) is 0 Å². The molecule has 1 saturated heterocycles. The van der Waals surface area contributed by atoms with Gasteiger partial charge in [0, 0.05) is 23.9 Å². The van der Waals surface area contributed by atoms with Crippen LogP contribution in [0.2, 0.25) is 0 Å². The van der Waals surface area contributed by atoms with Crippen LogP contribution in [0.1, 0.15) is 21.9 Å². The highest BCUT2D eigenvalue weighted by Crippen LogP contribution is 2.20. The molecule has 122 valence electrons. The van der Waals surface area contributed by atoms with Crippen LogP contribution >= 0.6 is 11.3 Å². The molecule has 2 aromatic rings. The quantitative estimate of drug-likeness (QED) is 0.845. The summed E-state index contributed by atoms with van der Waals surface area (Å²) in [4.78, 5) is 16.4. The summed E-state index contributed by atoms with van der Waals surface area (Å²) in [7, 11) is 0. The van der Waals surface area contributed by atoms with E-state index in [1.165, 1.54) is 11.3 Å². The average Bonchev–Trinajstić information content (AvgIpc) is 3.21. The van der Waals surface area contributed by atoms with Gasteiger partial charge in [0.25, 0.3) is 5.91 Å². The third-order valence-electron chi connectivity index (χ3n) is 3.45. The summed E-state index contributed by atoms with van der Waals surface area (Å²) in [5.41, 5.74) is 6.61. The summed E-state index contributed by atoms with van der Waals surface area (Å²) in [5, 5.41) is 5.45. The second-order valence-corrected chi connectivity index (χ2v) is 6.19. The Bertz CT molecular complexity index is 651. The number of anilines is 1. The van der Waals surface area contributed by atoms with Crippen molar-refractivity contribution in [3.8, 4) is 5.75 Å². The molecule has 1 aromatic heterocycles. The molecule has 23 heavy (non-hydrogen) atoms. The maximum absolute atomic E-state index is 12.1. The fourth-order valence-electron chi connectivity index (χ4n) is 2.26. The van der Waals surface area contributed by atoms with E-state index in [1.807, 2.05) is 24.3 Å². The van der Waals surface area contributed by atoms with Gasteiger partial charge in [-0.25, -0.2) is 4.98 Å². The normalized spacial score (nSPS) is 17.2. The van der Waals surface area contributed by atoms with Crippen molar-refractivity contribution < 1.29 is 14.3 Å². The van der Waals surface area contributed by atoms with E-state index in [0.717, 1.165) is 23.8 Å². The van der Waals surface area contributed by atoms with Gasteiger partial charge in [-0.05, 0) is 30.8 Å². The lowest BCUT2D eigenvalue weighted by Crippen LogP contribution is -2.16. The highest BCUT2D eigenvalue weighted by molar-refractivity contribution is 7.09. The molecule has 2 heterocycles. The molecule has 1 aliphatic heterocycles. The number of hydrogen-bond acceptors (Lipinski definition) is 6. The van der Waals surface area contributed by atoms with Crippen molar-refractivity contribution >= 4 is 22.9 Å². The number of amides is 1. The van der Waals surface area contributed by atoms with Crippen molar-refractivity contribution in [3.05, 3.63) is 40.3 Å². The van der Waals surface area contributed by atoms with Gasteiger partial charge in [-0.1, -0.05) is 0 Å². The Labute approximate surface area is 138 Å². The van der Waals surface area contributed by atoms with Gasteiger partial charge in [0.2, 0.25) is 0 Å². The number of carbonyl (C=O) groups excluding carboxylic acids is 1. The van der Waals surface area contributed by atoms with Gasteiger partial charge in [0.1, 0.15) is 17.5 Å². The molecule has 6 nitrogen and oxygen atoms in total. The maximum atomic E-state index is 12.1. The Morgan fingerprint density at radius 2 is 2.26 bits per heavy atom. The number of ether oxygens (including phenoxy) is 2. The molecule has 0 bridgehead atoms. The fraction of sp³-hybridized carbons (Fsp3) is 0.375. The largest absolute Gasteiger partial charge is 0.488 e. The van der Waals surface area contributed by atoms with Crippen molar-refractivity contribution in [2.75, 3.05) is 25.1 Å². The number of thiazole rings is 1. The molecule has 3 rings (SSSR count). The van der Waals surface area contributed by atoms with E-state index < -0.39 is 0 Å². The van der Waals surface area contributed by atoms with Gasteiger partial charge in [-0.2, -0.15) is 0 Å². The molecular formula is C16H19N3O3S. The first-order valence-electron chi connectivity index (χ1n) is 7.55. The number of nitrogens with two attached hydrogens (primary N) is 1. The van der Waals surface area contributed by atoms with E-state index in [9.17, 15) is 4.79 Å². The van der Waals surface area contributed by atoms with Crippen LogP contribution in [0, 0.1) is 0 Å². The summed E-state index contributed by atoms with van der Waals surface area (Å²) in [6.07, 6.45) is 1.72. The predicted octanol–water partition coefficient (Wildman–Crippen LogP) is 2.06. The van der Waals surface area contributed by atoms with Crippen LogP contribution in [-0.2, 0) is 11.2 Å². The van der Waals surface area contributed by atoms with Crippen LogP contribution in [0.4, 0.5) is 5.69 Å². The minimum absolute atomic E-state index is 0.117. The second kappa shape index (κ2) is 7.54. The third kappa shape index (κ3) is 4.28. The number of rotatable bonds is 6. The minimum Gasteiger partial charge on any atom is -0.488 e. The zero-order valence-corrected chi connectivity index (χ0v) is 13.5. The first-order valence-corrected chi connectivity index (χ1v) is 8.43. The summed E-state index contributed by atoms with van der Waals surface area (Å²) < 4.78 is 11.1. The van der Waals surface area contributed by atoms with Crippen molar-refractivity contribution in [3.63, 3.8) is 0 Å². The molecule has 3 N–H and O–H groups in total. The summed E-state index contributed by atoms with van der Waals surface area (Å²) >= 11 is 1.45. The van der Waals surface area contributed by atoms with Gasteiger partial charge in [-0.3, -0.25) is 4.79 Å². The van der Waals surface area contributed by atoms with Crippen LogP contribution < -0.4 is 15.8 Å². The molecule has 0 spiro atoms. The zero-order chi connectivity index (χ0) is 16.1. The molecule has 1 amide bonds. The van der Waals surface area contributed by atoms with E-state index in [-0.39, 0.29) is 12.0 Å². The van der Waals surface area contributed by atoms with Gasteiger partial charge < -0.3 is 20.5 Å². The van der Waals surface area contributed by atoms with E-state index in [2.05, 4.69) is 10.3 Å². The first-order chi connectivity index (χ1) is 11.2. The first kappa shape index (κ1) is 15.9. The Morgan fingerprint density at radius 1 is 1.43 bits per heavy atom. The Balaban J connectivity index is 1.57. The molecule has 0 aliphatic carbocycles.